The monoisotopic (exact) mass is 444 g/mol. The van der Waals surface area contributed by atoms with E-state index in [0.29, 0.717) is 11.5 Å². The Kier molecular flexibility index (Phi) is 6.11. The normalized spacial score (nSPS) is 16.7. The van der Waals surface area contributed by atoms with Gasteiger partial charge in [-0.15, -0.1) is 0 Å². The molecular formula is C26H32N6O. The third-order valence-corrected chi connectivity index (χ3v) is 6.98. The van der Waals surface area contributed by atoms with Gasteiger partial charge in [-0.1, -0.05) is 30.3 Å². The predicted molar refractivity (Wildman–Crippen MR) is 129 cm³/mol. The fourth-order valence-electron chi connectivity index (χ4n) is 5.07. The van der Waals surface area contributed by atoms with Gasteiger partial charge in [0.2, 0.25) is 0 Å². The first-order chi connectivity index (χ1) is 16.1. The smallest absolute Gasteiger partial charge is 0.257 e. The van der Waals surface area contributed by atoms with Crippen LogP contribution in [0.15, 0.2) is 42.7 Å². The summed E-state index contributed by atoms with van der Waals surface area (Å²) in [4.78, 5) is 27.2. The van der Waals surface area contributed by atoms with Gasteiger partial charge in [0.05, 0.1) is 11.8 Å². The number of fused-ring (bicyclic) bond motifs is 1. The van der Waals surface area contributed by atoms with Crippen LogP contribution in [0.2, 0.25) is 0 Å². The molecule has 0 N–H and O–H groups in total. The van der Waals surface area contributed by atoms with Crippen molar-refractivity contribution in [3.8, 4) is 0 Å². The molecule has 2 aliphatic heterocycles. The highest BCUT2D eigenvalue weighted by molar-refractivity contribution is 5.93. The number of carbonyl (C=O) groups is 1. The van der Waals surface area contributed by atoms with E-state index in [1.54, 1.807) is 17.1 Å². The molecule has 1 amide bonds. The molecule has 1 saturated heterocycles. The zero-order chi connectivity index (χ0) is 22.8. The molecule has 0 unspecified atom stereocenters. The third kappa shape index (κ3) is 4.63. The summed E-state index contributed by atoms with van der Waals surface area (Å²) in [5, 5.41) is 4.13. The van der Waals surface area contributed by atoms with E-state index in [4.69, 9.17) is 9.97 Å². The van der Waals surface area contributed by atoms with E-state index in [-0.39, 0.29) is 5.91 Å². The molecule has 0 atom stereocenters. The van der Waals surface area contributed by atoms with E-state index in [0.717, 1.165) is 75.6 Å². The summed E-state index contributed by atoms with van der Waals surface area (Å²) in [6.45, 7) is 5.62. The van der Waals surface area contributed by atoms with E-state index < -0.39 is 0 Å². The summed E-state index contributed by atoms with van der Waals surface area (Å²) in [5.41, 5.74) is 4.45. The van der Waals surface area contributed by atoms with Crippen molar-refractivity contribution in [1.82, 2.24) is 24.6 Å². The van der Waals surface area contributed by atoms with Crippen molar-refractivity contribution in [2.75, 3.05) is 31.1 Å². The number of anilines is 1. The molecule has 1 fully saturated rings. The minimum atomic E-state index is 0.0659. The fourth-order valence-corrected chi connectivity index (χ4v) is 5.07. The number of rotatable bonds is 5. The van der Waals surface area contributed by atoms with Crippen LogP contribution in [0.1, 0.15) is 58.2 Å². The average Bonchev–Trinajstić information content (AvgIpc) is 3.29. The number of hydrogen-bond acceptors (Lipinski definition) is 5. The number of nitrogens with zero attached hydrogens (tertiary/aromatic N) is 6. The minimum Gasteiger partial charge on any atom is -0.356 e. The van der Waals surface area contributed by atoms with Crippen LogP contribution in [0.4, 0.5) is 5.82 Å². The van der Waals surface area contributed by atoms with Crippen LogP contribution in [0.25, 0.3) is 0 Å². The summed E-state index contributed by atoms with van der Waals surface area (Å²) in [7, 11) is 1.84. The number of likely N-dealkylation sites (tertiary alicyclic amines) is 1. The van der Waals surface area contributed by atoms with E-state index in [2.05, 4.69) is 47.3 Å². The van der Waals surface area contributed by atoms with Crippen LogP contribution in [0.3, 0.4) is 0 Å². The summed E-state index contributed by atoms with van der Waals surface area (Å²) in [5.74, 6) is 2.45. The molecular weight excluding hydrogens is 412 g/mol. The predicted octanol–water partition coefficient (Wildman–Crippen LogP) is 3.53. The van der Waals surface area contributed by atoms with Gasteiger partial charge in [-0.05, 0) is 44.6 Å². The second kappa shape index (κ2) is 9.33. The van der Waals surface area contributed by atoms with Crippen molar-refractivity contribution in [3.63, 3.8) is 0 Å². The Labute approximate surface area is 195 Å². The van der Waals surface area contributed by atoms with Crippen LogP contribution in [-0.4, -0.2) is 56.7 Å². The second-order valence-corrected chi connectivity index (χ2v) is 9.26. The van der Waals surface area contributed by atoms with E-state index in [1.165, 1.54) is 11.1 Å². The molecule has 5 rings (SSSR count). The first-order valence-corrected chi connectivity index (χ1v) is 12.0. The lowest BCUT2D eigenvalue weighted by molar-refractivity contribution is 0.0711. The maximum absolute atomic E-state index is 12.8. The number of aryl methyl sites for hydroxylation is 2. The van der Waals surface area contributed by atoms with Crippen molar-refractivity contribution in [2.24, 2.45) is 7.05 Å². The SMILES string of the molecule is Cc1nc(C2CCN(C(=O)c3cnn(C)c3)CC2)nc2c1CCCN2CCc1ccccc1. The van der Waals surface area contributed by atoms with E-state index in [1.807, 2.05) is 11.9 Å². The minimum absolute atomic E-state index is 0.0659. The molecule has 1 aromatic carbocycles. The fraction of sp³-hybridized carbons (Fsp3) is 0.462. The molecule has 0 aliphatic carbocycles. The first-order valence-electron chi connectivity index (χ1n) is 12.0. The van der Waals surface area contributed by atoms with Crippen LogP contribution in [-0.2, 0) is 19.9 Å². The summed E-state index contributed by atoms with van der Waals surface area (Å²) >= 11 is 0. The molecule has 7 nitrogen and oxygen atoms in total. The number of piperidine rings is 1. The summed E-state index contributed by atoms with van der Waals surface area (Å²) in [6, 6.07) is 10.7. The van der Waals surface area contributed by atoms with Gasteiger partial charge in [-0.3, -0.25) is 9.48 Å². The Morgan fingerprint density at radius 3 is 2.61 bits per heavy atom. The van der Waals surface area contributed by atoms with Gasteiger partial charge in [0.15, 0.2) is 0 Å². The number of benzene rings is 1. The molecule has 0 saturated carbocycles. The van der Waals surface area contributed by atoms with Gasteiger partial charge in [-0.2, -0.15) is 5.10 Å². The highest BCUT2D eigenvalue weighted by atomic mass is 16.2. The highest BCUT2D eigenvalue weighted by Gasteiger charge is 2.29. The molecule has 0 bridgehead atoms. The van der Waals surface area contributed by atoms with Crippen molar-refractivity contribution in [2.45, 2.75) is 44.9 Å². The Hall–Kier alpha value is -3.22. The number of amides is 1. The molecule has 2 aromatic heterocycles. The Morgan fingerprint density at radius 1 is 1.09 bits per heavy atom. The summed E-state index contributed by atoms with van der Waals surface area (Å²) in [6.07, 6.45) is 8.46. The molecule has 0 spiro atoms. The largest absolute Gasteiger partial charge is 0.356 e. The van der Waals surface area contributed by atoms with Gasteiger partial charge in [0.1, 0.15) is 11.6 Å². The summed E-state index contributed by atoms with van der Waals surface area (Å²) < 4.78 is 1.67. The highest BCUT2D eigenvalue weighted by Crippen LogP contribution is 2.32. The molecule has 2 aliphatic rings. The Morgan fingerprint density at radius 2 is 1.88 bits per heavy atom. The Bertz CT molecular complexity index is 1120. The molecule has 7 heteroatoms. The lowest BCUT2D eigenvalue weighted by Gasteiger charge is -2.34. The van der Waals surface area contributed by atoms with Crippen LogP contribution >= 0.6 is 0 Å². The average molecular weight is 445 g/mol. The zero-order valence-corrected chi connectivity index (χ0v) is 19.6. The number of carbonyl (C=O) groups excluding carboxylic acids is 1. The molecule has 172 valence electrons. The first kappa shape index (κ1) is 21.6. The molecule has 33 heavy (non-hydrogen) atoms. The lowest BCUT2D eigenvalue weighted by Crippen LogP contribution is -2.38. The van der Waals surface area contributed by atoms with Gasteiger partial charge >= 0.3 is 0 Å². The van der Waals surface area contributed by atoms with E-state index in [9.17, 15) is 4.79 Å². The maximum Gasteiger partial charge on any atom is 0.257 e. The molecule has 0 radical (unpaired) electrons. The molecule has 3 aromatic rings. The van der Waals surface area contributed by atoms with Crippen LogP contribution in [0.5, 0.6) is 0 Å². The van der Waals surface area contributed by atoms with Crippen molar-refractivity contribution < 1.29 is 4.79 Å². The zero-order valence-electron chi connectivity index (χ0n) is 19.6. The van der Waals surface area contributed by atoms with Crippen molar-refractivity contribution in [1.29, 1.82) is 0 Å². The maximum atomic E-state index is 12.8. The topological polar surface area (TPSA) is 67.2 Å². The van der Waals surface area contributed by atoms with Crippen LogP contribution in [0, 0.1) is 6.92 Å². The third-order valence-electron chi connectivity index (χ3n) is 6.98. The Balaban J connectivity index is 1.29. The quantitative estimate of drug-likeness (QED) is 0.602. The number of aromatic nitrogens is 4. The number of hydrogen-bond donors (Lipinski definition) is 0. The van der Waals surface area contributed by atoms with Crippen molar-refractivity contribution >= 4 is 11.7 Å². The lowest BCUT2D eigenvalue weighted by atomic mass is 9.94. The van der Waals surface area contributed by atoms with E-state index >= 15 is 0 Å². The second-order valence-electron chi connectivity index (χ2n) is 9.26. The van der Waals surface area contributed by atoms with Crippen molar-refractivity contribution in [3.05, 3.63) is 70.9 Å². The van der Waals surface area contributed by atoms with Gasteiger partial charge < -0.3 is 9.80 Å². The van der Waals surface area contributed by atoms with Crippen LogP contribution < -0.4 is 4.90 Å². The molecule has 4 heterocycles. The van der Waals surface area contributed by atoms with Gasteiger partial charge in [0.25, 0.3) is 5.91 Å². The standard InChI is InChI=1S/C26H32N6O/c1-19-23-9-6-13-31(14-10-20-7-4-3-5-8-20)25(23)29-24(28-19)21-11-15-32(16-12-21)26(33)22-17-27-30(2)18-22/h3-5,7-8,17-18,21H,6,9-16H2,1-2H3. The van der Waals surface area contributed by atoms with Gasteiger partial charge in [-0.25, -0.2) is 9.97 Å². The van der Waals surface area contributed by atoms with Gasteiger partial charge in [0, 0.05) is 56.6 Å².